The Morgan fingerprint density at radius 2 is 2.09 bits per heavy atom. The van der Waals surface area contributed by atoms with E-state index < -0.39 is 5.97 Å². The van der Waals surface area contributed by atoms with E-state index in [0.717, 1.165) is 30.6 Å². The van der Waals surface area contributed by atoms with Gasteiger partial charge in [0.2, 0.25) is 0 Å². The highest BCUT2D eigenvalue weighted by Gasteiger charge is 2.29. The maximum Gasteiger partial charge on any atom is 0.305 e. The Labute approximate surface area is 133 Å². The average Bonchev–Trinajstić information content (AvgIpc) is 3.09. The van der Waals surface area contributed by atoms with Crippen LogP contribution in [0.3, 0.4) is 0 Å². The monoisotopic (exact) mass is 323 g/mol. The summed E-state index contributed by atoms with van der Waals surface area (Å²) in [7, 11) is 0. The average molecular weight is 323 g/mol. The highest BCUT2D eigenvalue weighted by Crippen LogP contribution is 2.32. The molecule has 1 aliphatic carbocycles. The van der Waals surface area contributed by atoms with E-state index in [4.69, 9.17) is 9.84 Å². The Morgan fingerprint density at radius 1 is 1.32 bits per heavy atom. The van der Waals surface area contributed by atoms with Crippen molar-refractivity contribution in [3.05, 3.63) is 21.4 Å². The van der Waals surface area contributed by atoms with Gasteiger partial charge in [-0.05, 0) is 43.7 Å². The molecule has 0 bridgehead atoms. The standard InChI is InChI=1S/C16H21NO4S/c18-15(19)4-7-17(12-5-8-21-9-6-12)16(20)14-10-11-2-1-3-13(11)22-14/h10,12H,1-9H2,(H,18,19). The molecule has 0 unspecified atom stereocenters. The number of nitrogens with zero attached hydrogens (tertiary/aromatic N) is 1. The Kier molecular flexibility index (Phi) is 4.78. The predicted molar refractivity (Wildman–Crippen MR) is 83.5 cm³/mol. The maximum absolute atomic E-state index is 12.9. The zero-order valence-corrected chi connectivity index (χ0v) is 13.4. The van der Waals surface area contributed by atoms with E-state index in [1.165, 1.54) is 16.9 Å². The number of carbonyl (C=O) groups is 2. The molecule has 3 rings (SSSR count). The van der Waals surface area contributed by atoms with Crippen molar-refractivity contribution < 1.29 is 19.4 Å². The molecule has 1 fully saturated rings. The fraction of sp³-hybridized carbons (Fsp3) is 0.625. The van der Waals surface area contributed by atoms with Gasteiger partial charge in [0, 0.05) is 30.7 Å². The third kappa shape index (κ3) is 3.33. The van der Waals surface area contributed by atoms with Crippen LogP contribution in [-0.2, 0) is 22.4 Å². The van der Waals surface area contributed by atoms with E-state index >= 15 is 0 Å². The molecule has 2 aliphatic rings. The van der Waals surface area contributed by atoms with Crippen LogP contribution in [0.1, 0.15) is 45.8 Å². The quantitative estimate of drug-likeness (QED) is 0.903. The van der Waals surface area contributed by atoms with Crippen LogP contribution in [0.4, 0.5) is 0 Å². The van der Waals surface area contributed by atoms with E-state index in [9.17, 15) is 9.59 Å². The van der Waals surface area contributed by atoms with Gasteiger partial charge in [-0.3, -0.25) is 9.59 Å². The number of carbonyl (C=O) groups excluding carboxylic acids is 1. The lowest BCUT2D eigenvalue weighted by molar-refractivity contribution is -0.137. The number of aliphatic carboxylic acids is 1. The van der Waals surface area contributed by atoms with Gasteiger partial charge in [-0.2, -0.15) is 0 Å². The Bertz CT molecular complexity index is 541. The molecule has 2 heterocycles. The van der Waals surface area contributed by atoms with Crippen molar-refractivity contribution in [2.24, 2.45) is 0 Å². The van der Waals surface area contributed by atoms with Gasteiger partial charge in [-0.1, -0.05) is 0 Å². The highest BCUT2D eigenvalue weighted by atomic mass is 32.1. The maximum atomic E-state index is 12.9. The Morgan fingerprint density at radius 3 is 2.77 bits per heavy atom. The van der Waals surface area contributed by atoms with Crippen molar-refractivity contribution in [3.8, 4) is 0 Å². The topological polar surface area (TPSA) is 66.8 Å². The highest BCUT2D eigenvalue weighted by molar-refractivity contribution is 7.14. The van der Waals surface area contributed by atoms with E-state index in [1.807, 2.05) is 6.07 Å². The number of carboxylic acid groups (broad SMARTS) is 1. The smallest absolute Gasteiger partial charge is 0.305 e. The molecule has 1 amide bonds. The van der Waals surface area contributed by atoms with Crippen LogP contribution in [0.5, 0.6) is 0 Å². The first kappa shape index (κ1) is 15.5. The molecule has 1 aromatic heterocycles. The first-order valence-corrected chi connectivity index (χ1v) is 8.69. The van der Waals surface area contributed by atoms with Crippen molar-refractivity contribution in [1.29, 1.82) is 0 Å². The second-order valence-corrected chi connectivity index (χ2v) is 7.04. The van der Waals surface area contributed by atoms with Crippen LogP contribution >= 0.6 is 11.3 Å². The molecular formula is C16H21NO4S. The van der Waals surface area contributed by atoms with Gasteiger partial charge in [0.1, 0.15) is 0 Å². The predicted octanol–water partition coefficient (Wildman–Crippen LogP) is 2.33. The van der Waals surface area contributed by atoms with Crippen LogP contribution in [0.2, 0.25) is 0 Å². The molecule has 1 N–H and O–H groups in total. The van der Waals surface area contributed by atoms with Crippen molar-refractivity contribution in [3.63, 3.8) is 0 Å². The molecule has 0 spiro atoms. The molecule has 1 aliphatic heterocycles. The number of hydrogen-bond acceptors (Lipinski definition) is 4. The Hall–Kier alpha value is -1.40. The summed E-state index contributed by atoms with van der Waals surface area (Å²) in [6.07, 6.45) is 4.88. The van der Waals surface area contributed by atoms with Crippen molar-refractivity contribution in [2.45, 2.75) is 44.6 Å². The number of aryl methyl sites for hydroxylation is 2. The summed E-state index contributed by atoms with van der Waals surface area (Å²) < 4.78 is 5.36. The zero-order chi connectivity index (χ0) is 15.5. The summed E-state index contributed by atoms with van der Waals surface area (Å²) in [6, 6.07) is 2.11. The molecule has 1 saturated heterocycles. The van der Waals surface area contributed by atoms with E-state index in [2.05, 4.69) is 0 Å². The fourth-order valence-electron chi connectivity index (χ4n) is 3.24. The number of thiophene rings is 1. The lowest BCUT2D eigenvalue weighted by Gasteiger charge is -2.33. The van der Waals surface area contributed by atoms with Crippen LogP contribution in [-0.4, -0.2) is 47.7 Å². The van der Waals surface area contributed by atoms with Crippen LogP contribution in [0.25, 0.3) is 0 Å². The van der Waals surface area contributed by atoms with Crippen LogP contribution in [0.15, 0.2) is 6.07 Å². The summed E-state index contributed by atoms with van der Waals surface area (Å²) in [4.78, 5) is 27.6. The summed E-state index contributed by atoms with van der Waals surface area (Å²) in [6.45, 7) is 1.56. The molecule has 120 valence electrons. The molecule has 5 nitrogen and oxygen atoms in total. The van der Waals surface area contributed by atoms with Gasteiger partial charge in [-0.25, -0.2) is 0 Å². The molecule has 0 atom stereocenters. The molecule has 1 aromatic rings. The van der Waals surface area contributed by atoms with Gasteiger partial charge in [0.15, 0.2) is 0 Å². The van der Waals surface area contributed by atoms with E-state index in [-0.39, 0.29) is 24.9 Å². The van der Waals surface area contributed by atoms with Crippen LogP contribution < -0.4 is 0 Å². The summed E-state index contributed by atoms with van der Waals surface area (Å²) in [5, 5.41) is 8.95. The van der Waals surface area contributed by atoms with Gasteiger partial charge in [0.25, 0.3) is 5.91 Å². The molecule has 0 saturated carbocycles. The summed E-state index contributed by atoms with van der Waals surface area (Å²) >= 11 is 1.59. The van der Waals surface area contributed by atoms with Crippen molar-refractivity contribution in [1.82, 2.24) is 4.90 Å². The SMILES string of the molecule is O=C(O)CCN(C(=O)c1cc2c(s1)CCC2)C1CCOCC1. The second kappa shape index (κ2) is 6.79. The number of amides is 1. The third-order valence-corrected chi connectivity index (χ3v) is 5.64. The number of fused-ring (bicyclic) bond motifs is 1. The fourth-order valence-corrected chi connectivity index (χ4v) is 4.45. The molecule has 22 heavy (non-hydrogen) atoms. The van der Waals surface area contributed by atoms with Crippen LogP contribution in [0, 0.1) is 0 Å². The van der Waals surface area contributed by atoms with Gasteiger partial charge >= 0.3 is 5.97 Å². The minimum atomic E-state index is -0.862. The Balaban J connectivity index is 1.76. The first-order chi connectivity index (χ1) is 10.6. The summed E-state index contributed by atoms with van der Waals surface area (Å²) in [5.41, 5.74) is 1.30. The lowest BCUT2D eigenvalue weighted by Crippen LogP contribution is -2.44. The minimum Gasteiger partial charge on any atom is -0.481 e. The number of hydrogen-bond donors (Lipinski definition) is 1. The van der Waals surface area contributed by atoms with Gasteiger partial charge in [0.05, 0.1) is 11.3 Å². The zero-order valence-electron chi connectivity index (χ0n) is 12.5. The van der Waals surface area contributed by atoms with Gasteiger partial charge < -0.3 is 14.7 Å². The largest absolute Gasteiger partial charge is 0.481 e. The lowest BCUT2D eigenvalue weighted by atomic mass is 10.1. The normalized spacial score (nSPS) is 18.2. The van der Waals surface area contributed by atoms with Crippen molar-refractivity contribution >= 4 is 23.2 Å². The minimum absolute atomic E-state index is 0.00577. The third-order valence-electron chi connectivity index (χ3n) is 4.42. The molecule has 0 radical (unpaired) electrons. The van der Waals surface area contributed by atoms with E-state index in [1.54, 1.807) is 16.2 Å². The number of carboxylic acids is 1. The van der Waals surface area contributed by atoms with E-state index in [0.29, 0.717) is 13.2 Å². The van der Waals surface area contributed by atoms with Gasteiger partial charge in [-0.15, -0.1) is 11.3 Å². The molecule has 6 heteroatoms. The number of rotatable bonds is 5. The summed E-state index contributed by atoms with van der Waals surface area (Å²) in [5.74, 6) is -0.869. The van der Waals surface area contributed by atoms with Crippen molar-refractivity contribution in [2.75, 3.05) is 19.8 Å². The second-order valence-electron chi connectivity index (χ2n) is 5.90. The molecule has 0 aromatic carbocycles. The molecular weight excluding hydrogens is 302 g/mol. The first-order valence-electron chi connectivity index (χ1n) is 7.87. The number of ether oxygens (including phenoxy) is 1.